The molecule has 0 saturated carbocycles. The molecule has 9 heteroatoms. The maximum absolute atomic E-state index is 12.4. The van der Waals surface area contributed by atoms with Gasteiger partial charge in [-0.25, -0.2) is 15.0 Å². The van der Waals surface area contributed by atoms with E-state index in [1.807, 2.05) is 49.4 Å². The van der Waals surface area contributed by atoms with Crippen LogP contribution in [0, 0.1) is 6.92 Å². The van der Waals surface area contributed by atoms with Crippen LogP contribution in [-0.2, 0) is 11.4 Å². The Morgan fingerprint density at radius 2 is 1.67 bits per heavy atom. The summed E-state index contributed by atoms with van der Waals surface area (Å²) in [7, 11) is 0. The molecule has 2 amide bonds. The minimum Gasteiger partial charge on any atom is -0.289 e. The number of nitrogens with one attached hydrogen (secondary N) is 2. The maximum atomic E-state index is 12.4. The SMILES string of the molecule is Cc1c(NC(=O)NOCc2ccccc2)nn(-c2ccc(Cl)cc2Cl)c1-c1ccc(Cl)cc1. The van der Waals surface area contributed by atoms with Crippen LogP contribution in [0.4, 0.5) is 10.6 Å². The van der Waals surface area contributed by atoms with Gasteiger partial charge in [-0.3, -0.25) is 10.2 Å². The second kappa shape index (κ2) is 10.3. The molecule has 1 aromatic heterocycles. The largest absolute Gasteiger partial charge is 0.344 e. The second-order valence-electron chi connectivity index (χ2n) is 7.17. The molecule has 4 rings (SSSR count). The van der Waals surface area contributed by atoms with E-state index in [1.165, 1.54) is 0 Å². The van der Waals surface area contributed by atoms with Gasteiger partial charge in [0, 0.05) is 21.2 Å². The van der Waals surface area contributed by atoms with Crippen molar-refractivity contribution in [3.05, 3.63) is 99.0 Å². The number of hydroxylamine groups is 1. The number of hydrogen-bond acceptors (Lipinski definition) is 3. The summed E-state index contributed by atoms with van der Waals surface area (Å²) in [5, 5.41) is 8.88. The molecule has 0 fully saturated rings. The van der Waals surface area contributed by atoms with Gasteiger partial charge in [-0.2, -0.15) is 0 Å². The predicted octanol–water partition coefficient (Wildman–Crippen LogP) is 7.06. The fourth-order valence-electron chi connectivity index (χ4n) is 3.28. The number of nitrogens with zero attached hydrogens (tertiary/aromatic N) is 2. The van der Waals surface area contributed by atoms with Crippen molar-refractivity contribution in [2.45, 2.75) is 13.5 Å². The summed E-state index contributed by atoms with van der Waals surface area (Å²) in [6, 6.07) is 21.4. The van der Waals surface area contributed by atoms with Gasteiger partial charge in [0.15, 0.2) is 5.82 Å². The van der Waals surface area contributed by atoms with Gasteiger partial charge >= 0.3 is 6.03 Å². The van der Waals surface area contributed by atoms with Crippen molar-refractivity contribution in [2.24, 2.45) is 0 Å². The van der Waals surface area contributed by atoms with Crippen LogP contribution in [-0.4, -0.2) is 15.8 Å². The monoisotopic (exact) mass is 500 g/mol. The topological polar surface area (TPSA) is 68.2 Å². The highest BCUT2D eigenvalue weighted by Crippen LogP contribution is 2.34. The molecule has 3 aromatic carbocycles. The molecule has 0 unspecified atom stereocenters. The highest BCUT2D eigenvalue weighted by atomic mass is 35.5. The molecule has 0 saturated heterocycles. The molecule has 2 N–H and O–H groups in total. The molecule has 33 heavy (non-hydrogen) atoms. The van der Waals surface area contributed by atoms with E-state index in [2.05, 4.69) is 15.9 Å². The van der Waals surface area contributed by atoms with Crippen LogP contribution < -0.4 is 10.8 Å². The van der Waals surface area contributed by atoms with Crippen LogP contribution in [0.25, 0.3) is 16.9 Å². The molecule has 0 spiro atoms. The van der Waals surface area contributed by atoms with Crippen LogP contribution in [0.15, 0.2) is 72.8 Å². The number of rotatable bonds is 6. The lowest BCUT2D eigenvalue weighted by molar-refractivity contribution is 0.0535. The van der Waals surface area contributed by atoms with Crippen molar-refractivity contribution in [2.75, 3.05) is 5.32 Å². The van der Waals surface area contributed by atoms with Crippen molar-refractivity contribution in [3.63, 3.8) is 0 Å². The van der Waals surface area contributed by atoms with Crippen LogP contribution in [0.2, 0.25) is 15.1 Å². The molecular formula is C24H19Cl3N4O2. The molecule has 4 aromatic rings. The summed E-state index contributed by atoms with van der Waals surface area (Å²) < 4.78 is 1.66. The second-order valence-corrected chi connectivity index (χ2v) is 8.45. The Hall–Kier alpha value is -3.03. The third-order valence-electron chi connectivity index (χ3n) is 4.86. The standard InChI is InChI=1S/C24H19Cl3N4O2/c1-15-22(17-7-9-18(25)10-8-17)31(21-12-11-19(26)13-20(21)27)29-23(15)28-24(32)30-33-14-16-5-3-2-4-6-16/h2-13H,14H2,1H3,(H2,28,29,30,32). The lowest BCUT2D eigenvalue weighted by atomic mass is 10.1. The lowest BCUT2D eigenvalue weighted by Gasteiger charge is -2.10. The van der Waals surface area contributed by atoms with E-state index in [4.69, 9.17) is 39.6 Å². The molecule has 0 aliphatic carbocycles. The molecular weight excluding hydrogens is 483 g/mol. The Kier molecular flexibility index (Phi) is 7.20. The van der Waals surface area contributed by atoms with Gasteiger partial charge < -0.3 is 0 Å². The molecule has 168 valence electrons. The number of benzene rings is 3. The highest BCUT2D eigenvalue weighted by Gasteiger charge is 2.20. The maximum Gasteiger partial charge on any atom is 0.344 e. The Morgan fingerprint density at radius 1 is 0.970 bits per heavy atom. The van der Waals surface area contributed by atoms with Gasteiger partial charge in [-0.1, -0.05) is 77.3 Å². The van der Waals surface area contributed by atoms with Crippen LogP contribution >= 0.6 is 34.8 Å². The van der Waals surface area contributed by atoms with E-state index in [9.17, 15) is 4.79 Å². The number of hydrogen-bond donors (Lipinski definition) is 2. The molecule has 1 heterocycles. The molecule has 0 atom stereocenters. The Labute approximate surface area is 206 Å². The summed E-state index contributed by atoms with van der Waals surface area (Å²) in [4.78, 5) is 17.7. The third kappa shape index (κ3) is 5.49. The van der Waals surface area contributed by atoms with Gasteiger partial charge in [0.1, 0.15) is 0 Å². The summed E-state index contributed by atoms with van der Waals surface area (Å²) in [5.41, 5.74) is 6.26. The van der Waals surface area contributed by atoms with Crippen LogP contribution in [0.1, 0.15) is 11.1 Å². The normalized spacial score (nSPS) is 10.8. The zero-order chi connectivity index (χ0) is 23.4. The molecule has 0 radical (unpaired) electrons. The Morgan fingerprint density at radius 3 is 2.36 bits per heavy atom. The van der Waals surface area contributed by atoms with E-state index in [0.717, 1.165) is 22.4 Å². The first-order chi connectivity index (χ1) is 15.9. The van der Waals surface area contributed by atoms with E-state index < -0.39 is 6.03 Å². The number of carbonyl (C=O) groups is 1. The number of amides is 2. The summed E-state index contributed by atoms with van der Waals surface area (Å²) in [5.74, 6) is 0.353. The lowest BCUT2D eigenvalue weighted by Crippen LogP contribution is -2.29. The van der Waals surface area contributed by atoms with E-state index in [0.29, 0.717) is 26.6 Å². The summed E-state index contributed by atoms with van der Waals surface area (Å²) in [6.45, 7) is 2.09. The zero-order valence-electron chi connectivity index (χ0n) is 17.5. The van der Waals surface area contributed by atoms with Gasteiger partial charge in [-0.05, 0) is 42.8 Å². The van der Waals surface area contributed by atoms with Crippen molar-refractivity contribution >= 4 is 46.7 Å². The molecule has 6 nitrogen and oxygen atoms in total. The zero-order valence-corrected chi connectivity index (χ0v) is 19.7. The van der Waals surface area contributed by atoms with Gasteiger partial charge in [0.2, 0.25) is 0 Å². The van der Waals surface area contributed by atoms with E-state index >= 15 is 0 Å². The van der Waals surface area contributed by atoms with Crippen LogP contribution in [0.3, 0.4) is 0 Å². The van der Waals surface area contributed by atoms with Gasteiger partial charge in [-0.15, -0.1) is 5.10 Å². The van der Waals surface area contributed by atoms with Crippen molar-refractivity contribution in [1.29, 1.82) is 0 Å². The Balaban J connectivity index is 1.62. The average molecular weight is 502 g/mol. The van der Waals surface area contributed by atoms with E-state index in [1.54, 1.807) is 35.0 Å². The minimum absolute atomic E-state index is 0.234. The average Bonchev–Trinajstić information content (AvgIpc) is 3.10. The highest BCUT2D eigenvalue weighted by molar-refractivity contribution is 6.35. The van der Waals surface area contributed by atoms with E-state index in [-0.39, 0.29) is 6.61 Å². The quantitative estimate of drug-likeness (QED) is 0.278. The fourth-order valence-corrected chi connectivity index (χ4v) is 3.90. The molecule has 0 aliphatic rings. The summed E-state index contributed by atoms with van der Waals surface area (Å²) >= 11 is 18.6. The van der Waals surface area contributed by atoms with Crippen molar-refractivity contribution in [3.8, 4) is 16.9 Å². The molecule has 0 bridgehead atoms. The van der Waals surface area contributed by atoms with Crippen LogP contribution in [0.5, 0.6) is 0 Å². The third-order valence-corrected chi connectivity index (χ3v) is 5.65. The Bertz CT molecular complexity index is 1280. The van der Waals surface area contributed by atoms with Gasteiger partial charge in [0.05, 0.1) is 23.0 Å². The molecule has 0 aliphatic heterocycles. The smallest absolute Gasteiger partial charge is 0.289 e. The number of carbonyl (C=O) groups excluding carboxylic acids is 1. The number of aromatic nitrogens is 2. The first kappa shape index (κ1) is 23.1. The minimum atomic E-state index is -0.552. The predicted molar refractivity (Wildman–Crippen MR) is 132 cm³/mol. The van der Waals surface area contributed by atoms with Gasteiger partial charge in [0.25, 0.3) is 0 Å². The first-order valence-corrected chi connectivity index (χ1v) is 11.1. The fraction of sp³-hybridized carbons (Fsp3) is 0.0833. The van der Waals surface area contributed by atoms with Crippen molar-refractivity contribution < 1.29 is 9.63 Å². The first-order valence-electron chi connectivity index (χ1n) is 9.96. The number of urea groups is 1. The number of halogens is 3. The van der Waals surface area contributed by atoms with Crippen molar-refractivity contribution in [1.82, 2.24) is 15.3 Å². The summed E-state index contributed by atoms with van der Waals surface area (Å²) in [6.07, 6.45) is 0. The number of anilines is 1.